The molecule has 2 aromatic carbocycles. The molecule has 0 radical (unpaired) electrons. The van der Waals surface area contributed by atoms with E-state index < -0.39 is 21.5 Å². The Morgan fingerprint density at radius 1 is 1.12 bits per heavy atom. The number of fused-ring (bicyclic) bond motifs is 2. The zero-order valence-electron chi connectivity index (χ0n) is 14.0. The van der Waals surface area contributed by atoms with Gasteiger partial charge in [-0.3, -0.25) is 4.31 Å². The zero-order chi connectivity index (χ0) is 18.5. The van der Waals surface area contributed by atoms with Crippen molar-refractivity contribution in [1.29, 1.82) is 0 Å². The molecule has 3 aromatic rings. The highest BCUT2D eigenvalue weighted by Crippen LogP contribution is 2.35. The van der Waals surface area contributed by atoms with Crippen molar-refractivity contribution >= 4 is 26.7 Å². The largest absolute Gasteiger partial charge is 0.423 e. The van der Waals surface area contributed by atoms with Crippen LogP contribution in [-0.2, 0) is 16.4 Å². The highest BCUT2D eigenvalue weighted by molar-refractivity contribution is 7.92. The molecule has 26 heavy (non-hydrogen) atoms. The fourth-order valence-electron chi connectivity index (χ4n) is 3.38. The Hall–Kier alpha value is -2.67. The van der Waals surface area contributed by atoms with Gasteiger partial charge >= 0.3 is 5.63 Å². The molecule has 0 saturated heterocycles. The minimum Gasteiger partial charge on any atom is -0.423 e. The molecule has 4 rings (SSSR count). The third-order valence-electron chi connectivity index (χ3n) is 4.52. The predicted octanol–water partition coefficient (Wildman–Crippen LogP) is 3.38. The van der Waals surface area contributed by atoms with Crippen LogP contribution in [0.3, 0.4) is 0 Å². The van der Waals surface area contributed by atoms with Crippen LogP contribution in [0.4, 0.5) is 10.1 Å². The highest BCUT2D eigenvalue weighted by Gasteiger charge is 2.31. The maximum absolute atomic E-state index is 14.6. The van der Waals surface area contributed by atoms with Crippen molar-refractivity contribution in [2.45, 2.75) is 24.7 Å². The summed E-state index contributed by atoms with van der Waals surface area (Å²) in [6.07, 6.45) is 1.26. The lowest BCUT2D eigenvalue weighted by Crippen LogP contribution is -2.36. The lowest BCUT2D eigenvalue weighted by atomic mass is 10.0. The van der Waals surface area contributed by atoms with Crippen LogP contribution in [0, 0.1) is 12.7 Å². The van der Waals surface area contributed by atoms with E-state index in [1.165, 1.54) is 36.4 Å². The van der Waals surface area contributed by atoms with Gasteiger partial charge in [-0.25, -0.2) is 17.6 Å². The van der Waals surface area contributed by atoms with Crippen LogP contribution in [0.2, 0.25) is 0 Å². The molecule has 0 atom stereocenters. The first-order valence-electron chi connectivity index (χ1n) is 8.22. The predicted molar refractivity (Wildman–Crippen MR) is 96.5 cm³/mol. The number of benzene rings is 2. The Labute approximate surface area is 149 Å². The maximum Gasteiger partial charge on any atom is 0.336 e. The standard InChI is InChI=1S/C19H16FNO4S/c1-12-9-14-3-2-8-21(19(14)16(20)10-12)26(23,24)15-5-6-17-13(11-15)4-7-18(22)25-17/h4-7,9-11H,2-3,8H2,1H3. The van der Waals surface area contributed by atoms with Crippen molar-refractivity contribution in [3.63, 3.8) is 0 Å². The van der Waals surface area contributed by atoms with Gasteiger partial charge < -0.3 is 4.42 Å². The molecule has 0 unspecified atom stereocenters. The number of rotatable bonds is 2. The van der Waals surface area contributed by atoms with Gasteiger partial charge in [-0.1, -0.05) is 6.07 Å². The van der Waals surface area contributed by atoms with Crippen molar-refractivity contribution in [3.8, 4) is 0 Å². The summed E-state index contributed by atoms with van der Waals surface area (Å²) in [5.74, 6) is -0.532. The van der Waals surface area contributed by atoms with E-state index in [2.05, 4.69) is 0 Å². The normalized spacial score (nSPS) is 14.5. The van der Waals surface area contributed by atoms with Crippen molar-refractivity contribution in [1.82, 2.24) is 0 Å². The fraction of sp³-hybridized carbons (Fsp3) is 0.211. The molecule has 7 heteroatoms. The Morgan fingerprint density at radius 3 is 2.73 bits per heavy atom. The van der Waals surface area contributed by atoms with Gasteiger partial charge in [0.05, 0.1) is 10.6 Å². The molecule has 134 valence electrons. The second-order valence-electron chi connectivity index (χ2n) is 6.39. The number of anilines is 1. The minimum atomic E-state index is -3.94. The fourth-order valence-corrected chi connectivity index (χ4v) is 4.96. The molecule has 0 bridgehead atoms. The van der Waals surface area contributed by atoms with Crippen LogP contribution >= 0.6 is 0 Å². The van der Waals surface area contributed by atoms with Crippen LogP contribution in [0.1, 0.15) is 17.5 Å². The van der Waals surface area contributed by atoms with Crippen molar-refractivity contribution in [2.75, 3.05) is 10.8 Å². The van der Waals surface area contributed by atoms with Gasteiger partial charge in [0.15, 0.2) is 0 Å². The molecule has 0 saturated carbocycles. The van der Waals surface area contributed by atoms with Gasteiger partial charge in [0.2, 0.25) is 0 Å². The van der Waals surface area contributed by atoms with E-state index in [-0.39, 0.29) is 17.1 Å². The quantitative estimate of drug-likeness (QED) is 0.646. The first-order chi connectivity index (χ1) is 12.4. The monoisotopic (exact) mass is 373 g/mol. The molecule has 0 amide bonds. The van der Waals surface area contributed by atoms with E-state index in [0.717, 1.165) is 9.87 Å². The highest BCUT2D eigenvalue weighted by atomic mass is 32.2. The maximum atomic E-state index is 14.6. The lowest BCUT2D eigenvalue weighted by molar-refractivity contribution is 0.560. The summed E-state index contributed by atoms with van der Waals surface area (Å²) in [4.78, 5) is 11.3. The molecule has 5 nitrogen and oxygen atoms in total. The number of hydrogen-bond donors (Lipinski definition) is 0. The molecule has 1 aliphatic heterocycles. The zero-order valence-corrected chi connectivity index (χ0v) is 14.8. The Morgan fingerprint density at radius 2 is 1.92 bits per heavy atom. The van der Waals surface area contributed by atoms with Crippen LogP contribution < -0.4 is 9.93 Å². The Bertz CT molecular complexity index is 1180. The van der Waals surface area contributed by atoms with Crippen LogP contribution in [0.15, 0.2) is 56.6 Å². The number of aryl methyl sites for hydroxylation is 2. The summed E-state index contributed by atoms with van der Waals surface area (Å²) in [7, 11) is -3.94. The van der Waals surface area contributed by atoms with Gasteiger partial charge in [-0.2, -0.15) is 0 Å². The molecule has 0 fully saturated rings. The third kappa shape index (κ3) is 2.68. The van der Waals surface area contributed by atoms with E-state index in [1.807, 2.05) is 6.07 Å². The molecule has 0 spiro atoms. The summed E-state index contributed by atoms with van der Waals surface area (Å²) < 4.78 is 47.1. The lowest BCUT2D eigenvalue weighted by Gasteiger charge is -2.31. The Balaban J connectivity index is 1.86. The number of sulfonamides is 1. The Kier molecular flexibility index (Phi) is 3.84. The average molecular weight is 373 g/mol. The molecular formula is C19H16FNO4S. The molecule has 1 aliphatic rings. The van der Waals surface area contributed by atoms with Gasteiger partial charge in [0.1, 0.15) is 11.4 Å². The smallest absolute Gasteiger partial charge is 0.336 e. The van der Waals surface area contributed by atoms with Gasteiger partial charge in [-0.15, -0.1) is 0 Å². The van der Waals surface area contributed by atoms with Gasteiger partial charge in [-0.05, 0) is 61.2 Å². The van der Waals surface area contributed by atoms with Gasteiger partial charge in [0, 0.05) is 18.0 Å². The minimum absolute atomic E-state index is 0.0340. The average Bonchev–Trinajstić information content (AvgIpc) is 2.60. The van der Waals surface area contributed by atoms with Crippen LogP contribution in [0.5, 0.6) is 0 Å². The van der Waals surface area contributed by atoms with Crippen molar-refractivity contribution < 1.29 is 17.2 Å². The number of nitrogens with zero attached hydrogens (tertiary/aromatic N) is 1. The summed E-state index contributed by atoms with van der Waals surface area (Å²) in [5.41, 5.74) is 1.39. The summed E-state index contributed by atoms with van der Waals surface area (Å²) >= 11 is 0. The summed E-state index contributed by atoms with van der Waals surface area (Å²) in [6, 6.07) is 10.2. The van der Waals surface area contributed by atoms with Crippen molar-refractivity contribution in [3.05, 3.63) is 69.8 Å². The van der Waals surface area contributed by atoms with E-state index in [9.17, 15) is 17.6 Å². The summed E-state index contributed by atoms with van der Waals surface area (Å²) in [5, 5.41) is 0.493. The third-order valence-corrected chi connectivity index (χ3v) is 6.32. The first-order valence-corrected chi connectivity index (χ1v) is 9.66. The van der Waals surface area contributed by atoms with E-state index >= 15 is 0 Å². The number of halogens is 1. The van der Waals surface area contributed by atoms with Crippen molar-refractivity contribution in [2.24, 2.45) is 0 Å². The van der Waals surface area contributed by atoms with E-state index in [0.29, 0.717) is 29.4 Å². The van der Waals surface area contributed by atoms with E-state index in [1.54, 1.807) is 6.92 Å². The second-order valence-corrected chi connectivity index (χ2v) is 8.25. The van der Waals surface area contributed by atoms with Gasteiger partial charge in [0.25, 0.3) is 10.0 Å². The summed E-state index contributed by atoms with van der Waals surface area (Å²) in [6.45, 7) is 2.01. The topological polar surface area (TPSA) is 67.6 Å². The molecule has 0 aliphatic carbocycles. The molecule has 0 N–H and O–H groups in total. The van der Waals surface area contributed by atoms with Crippen LogP contribution in [0.25, 0.3) is 11.0 Å². The van der Waals surface area contributed by atoms with E-state index in [4.69, 9.17) is 4.42 Å². The number of hydrogen-bond acceptors (Lipinski definition) is 4. The SMILES string of the molecule is Cc1cc(F)c2c(c1)CCCN2S(=O)(=O)c1ccc2oc(=O)ccc2c1. The molecule has 2 heterocycles. The molecular weight excluding hydrogens is 357 g/mol. The second kappa shape index (κ2) is 5.95. The first kappa shape index (κ1) is 16.8. The van der Waals surface area contributed by atoms with Crippen LogP contribution in [-0.4, -0.2) is 15.0 Å². The molecule has 1 aromatic heterocycles.